The Morgan fingerprint density at radius 3 is 2.69 bits per heavy atom. The lowest BCUT2D eigenvalue weighted by molar-refractivity contribution is -0.122. The first kappa shape index (κ1) is 20.5. The second kappa shape index (κ2) is 9.02. The van der Waals surface area contributed by atoms with Crippen LogP contribution in [0.5, 0.6) is 0 Å². The van der Waals surface area contributed by atoms with Crippen molar-refractivity contribution < 1.29 is 4.79 Å². The number of fused-ring (bicyclic) bond motifs is 1. The van der Waals surface area contributed by atoms with Gasteiger partial charge in [-0.3, -0.25) is 9.69 Å². The Labute approximate surface area is 194 Å². The molecule has 0 bridgehead atoms. The Bertz CT molecular complexity index is 1330. The standard InChI is InChI=1S/C24H19N5OS2/c30-23-21(32-24(31)29(23)12-4-9-22-25-27-28-26-22)14-16-5-3-8-18(13-16)20-11-10-17-6-1-2-7-19(17)15-20/h1-3,5-8,10-11,13-15H,4,9,12H2,(H,25,26,27,28). The van der Waals surface area contributed by atoms with Gasteiger partial charge in [0.05, 0.1) is 4.91 Å². The lowest BCUT2D eigenvalue weighted by Gasteiger charge is -2.13. The summed E-state index contributed by atoms with van der Waals surface area (Å²) < 4.78 is 0.583. The van der Waals surface area contributed by atoms with Crippen LogP contribution in [0.3, 0.4) is 0 Å². The van der Waals surface area contributed by atoms with Gasteiger partial charge < -0.3 is 0 Å². The van der Waals surface area contributed by atoms with Crippen LogP contribution in [-0.2, 0) is 11.2 Å². The third-order valence-electron chi connectivity index (χ3n) is 5.31. The predicted octanol–water partition coefficient (Wildman–Crippen LogP) is 4.85. The third kappa shape index (κ3) is 4.32. The van der Waals surface area contributed by atoms with Gasteiger partial charge in [0.2, 0.25) is 0 Å². The first-order chi connectivity index (χ1) is 15.7. The molecule has 0 radical (unpaired) electrons. The molecule has 0 unspecified atom stereocenters. The van der Waals surface area contributed by atoms with Crippen molar-refractivity contribution in [1.29, 1.82) is 0 Å². The van der Waals surface area contributed by atoms with Crippen LogP contribution < -0.4 is 0 Å². The van der Waals surface area contributed by atoms with Crippen LogP contribution in [0, 0.1) is 0 Å². The number of amides is 1. The number of rotatable bonds is 6. The summed E-state index contributed by atoms with van der Waals surface area (Å²) in [6, 6.07) is 23.0. The molecule has 4 aromatic rings. The number of nitrogens with zero attached hydrogens (tertiary/aromatic N) is 4. The molecule has 1 amide bonds. The van der Waals surface area contributed by atoms with Crippen molar-refractivity contribution in [2.24, 2.45) is 0 Å². The lowest BCUT2D eigenvalue weighted by Crippen LogP contribution is -2.29. The van der Waals surface area contributed by atoms with Gasteiger partial charge in [-0.1, -0.05) is 83.8 Å². The molecular formula is C24H19N5OS2. The lowest BCUT2D eigenvalue weighted by atomic mass is 9.99. The number of hydrogen-bond donors (Lipinski definition) is 1. The van der Waals surface area contributed by atoms with Crippen molar-refractivity contribution >= 4 is 51.1 Å². The van der Waals surface area contributed by atoms with E-state index < -0.39 is 0 Å². The molecule has 5 rings (SSSR count). The molecule has 0 spiro atoms. The Kier molecular flexibility index (Phi) is 5.79. The maximum absolute atomic E-state index is 12.9. The normalized spacial score (nSPS) is 15.2. The van der Waals surface area contributed by atoms with Crippen molar-refractivity contribution in [2.45, 2.75) is 12.8 Å². The van der Waals surface area contributed by atoms with Crippen LogP contribution in [0.15, 0.2) is 71.6 Å². The van der Waals surface area contributed by atoms with Gasteiger partial charge in [0.15, 0.2) is 5.82 Å². The number of H-pyrrole nitrogens is 1. The topological polar surface area (TPSA) is 74.8 Å². The highest BCUT2D eigenvalue weighted by Gasteiger charge is 2.31. The van der Waals surface area contributed by atoms with Crippen molar-refractivity contribution in [3.05, 3.63) is 83.0 Å². The minimum Gasteiger partial charge on any atom is -0.293 e. The van der Waals surface area contributed by atoms with Gasteiger partial charge in [0.1, 0.15) is 4.32 Å². The van der Waals surface area contributed by atoms with Gasteiger partial charge >= 0.3 is 0 Å². The van der Waals surface area contributed by atoms with Crippen LogP contribution in [-0.4, -0.2) is 42.3 Å². The van der Waals surface area contributed by atoms with E-state index in [1.54, 1.807) is 4.90 Å². The van der Waals surface area contributed by atoms with Crippen LogP contribution in [0.1, 0.15) is 17.8 Å². The Hall–Kier alpha value is -3.36. The molecule has 0 saturated carbocycles. The quantitative estimate of drug-likeness (QED) is 0.329. The number of aromatic nitrogens is 4. The molecule has 1 aliphatic heterocycles. The minimum atomic E-state index is -0.0516. The minimum absolute atomic E-state index is 0.0516. The van der Waals surface area contributed by atoms with Crippen molar-refractivity contribution in [3.8, 4) is 11.1 Å². The summed E-state index contributed by atoms with van der Waals surface area (Å²) >= 11 is 6.80. The van der Waals surface area contributed by atoms with Crippen molar-refractivity contribution in [2.75, 3.05) is 6.54 Å². The van der Waals surface area contributed by atoms with Gasteiger partial charge in [0.25, 0.3) is 5.91 Å². The number of aryl methyl sites for hydroxylation is 1. The van der Waals surface area contributed by atoms with Gasteiger partial charge in [-0.15, -0.1) is 10.2 Å². The van der Waals surface area contributed by atoms with Crippen LogP contribution >= 0.6 is 24.0 Å². The molecule has 2 heterocycles. The van der Waals surface area contributed by atoms with E-state index in [0.29, 0.717) is 28.0 Å². The highest BCUT2D eigenvalue weighted by molar-refractivity contribution is 8.26. The largest absolute Gasteiger partial charge is 0.293 e. The van der Waals surface area contributed by atoms with Crippen molar-refractivity contribution in [1.82, 2.24) is 25.5 Å². The van der Waals surface area contributed by atoms with E-state index in [-0.39, 0.29) is 5.91 Å². The molecule has 3 aromatic carbocycles. The summed E-state index contributed by atoms with van der Waals surface area (Å²) in [5.41, 5.74) is 3.23. The zero-order valence-corrected chi connectivity index (χ0v) is 18.7. The smallest absolute Gasteiger partial charge is 0.266 e. The fraction of sp³-hybridized carbons (Fsp3) is 0.125. The summed E-state index contributed by atoms with van der Waals surface area (Å²) in [5, 5.41) is 16.3. The van der Waals surface area contributed by atoms with Gasteiger partial charge in [-0.05, 0) is 52.1 Å². The molecule has 158 valence electrons. The maximum atomic E-state index is 12.9. The molecule has 1 N–H and O–H groups in total. The number of aromatic amines is 1. The van der Waals surface area contributed by atoms with E-state index in [1.165, 1.54) is 22.5 Å². The SMILES string of the molecule is O=C1C(=Cc2cccc(-c3ccc4ccccc4c3)c2)SC(=S)N1CCCc1nn[nH]n1. The number of tetrazole rings is 1. The number of thiocarbonyl (C=S) groups is 1. The Morgan fingerprint density at radius 1 is 1.00 bits per heavy atom. The van der Waals surface area contributed by atoms with Crippen LogP contribution in [0.25, 0.3) is 28.0 Å². The molecule has 8 heteroatoms. The van der Waals surface area contributed by atoms with E-state index in [0.717, 1.165) is 23.1 Å². The number of benzene rings is 3. The third-order valence-corrected chi connectivity index (χ3v) is 6.69. The Morgan fingerprint density at radius 2 is 1.84 bits per heavy atom. The fourth-order valence-electron chi connectivity index (χ4n) is 3.70. The molecular weight excluding hydrogens is 438 g/mol. The monoisotopic (exact) mass is 457 g/mol. The van der Waals surface area contributed by atoms with E-state index in [2.05, 4.69) is 63.1 Å². The first-order valence-electron chi connectivity index (χ1n) is 10.2. The van der Waals surface area contributed by atoms with Crippen LogP contribution in [0.4, 0.5) is 0 Å². The summed E-state index contributed by atoms with van der Waals surface area (Å²) in [5.74, 6) is 0.584. The average Bonchev–Trinajstić information content (AvgIpc) is 3.43. The Balaban J connectivity index is 1.33. The van der Waals surface area contributed by atoms with E-state index in [4.69, 9.17) is 12.2 Å². The van der Waals surface area contributed by atoms with E-state index in [9.17, 15) is 4.79 Å². The average molecular weight is 458 g/mol. The van der Waals surface area contributed by atoms with Gasteiger partial charge in [0, 0.05) is 13.0 Å². The number of hydrogen-bond acceptors (Lipinski definition) is 6. The number of carbonyl (C=O) groups is 1. The van der Waals surface area contributed by atoms with E-state index in [1.807, 2.05) is 30.3 Å². The molecule has 1 aromatic heterocycles. The van der Waals surface area contributed by atoms with Crippen molar-refractivity contribution in [3.63, 3.8) is 0 Å². The molecule has 0 atom stereocenters. The van der Waals surface area contributed by atoms with Gasteiger partial charge in [-0.2, -0.15) is 5.21 Å². The predicted molar refractivity (Wildman–Crippen MR) is 132 cm³/mol. The molecule has 1 fully saturated rings. The second-order valence-corrected chi connectivity index (χ2v) is 9.13. The summed E-state index contributed by atoms with van der Waals surface area (Å²) in [7, 11) is 0. The zero-order chi connectivity index (χ0) is 21.9. The molecule has 32 heavy (non-hydrogen) atoms. The molecule has 1 saturated heterocycles. The highest BCUT2D eigenvalue weighted by Crippen LogP contribution is 2.33. The van der Waals surface area contributed by atoms with Gasteiger partial charge in [-0.25, -0.2) is 0 Å². The number of thioether (sulfide) groups is 1. The summed E-state index contributed by atoms with van der Waals surface area (Å²) in [4.78, 5) is 15.2. The zero-order valence-electron chi connectivity index (χ0n) is 17.1. The molecule has 6 nitrogen and oxygen atoms in total. The first-order valence-corrected chi connectivity index (χ1v) is 11.5. The fourth-order valence-corrected chi connectivity index (χ4v) is 5.01. The maximum Gasteiger partial charge on any atom is 0.266 e. The molecule has 0 aliphatic carbocycles. The summed E-state index contributed by atoms with van der Waals surface area (Å²) in [6.45, 7) is 0.535. The summed E-state index contributed by atoms with van der Waals surface area (Å²) in [6.07, 6.45) is 3.28. The van der Waals surface area contributed by atoms with Crippen LogP contribution in [0.2, 0.25) is 0 Å². The van der Waals surface area contributed by atoms with E-state index >= 15 is 0 Å². The number of nitrogens with one attached hydrogen (secondary N) is 1. The molecule has 1 aliphatic rings. The highest BCUT2D eigenvalue weighted by atomic mass is 32.2. The second-order valence-electron chi connectivity index (χ2n) is 7.45. The number of carbonyl (C=O) groups excluding carboxylic acids is 1.